The summed E-state index contributed by atoms with van der Waals surface area (Å²) in [4.78, 5) is 16.6. The molecule has 0 bridgehead atoms. The average molecular weight is 268 g/mol. The summed E-state index contributed by atoms with van der Waals surface area (Å²) in [6.45, 7) is 4.06. The van der Waals surface area contributed by atoms with Crippen LogP contribution >= 0.6 is 0 Å². The minimum Gasteiger partial charge on any atom is -0.310 e. The van der Waals surface area contributed by atoms with Crippen LogP contribution in [0.15, 0.2) is 48.5 Å². The number of carbonyl (C=O) groups is 1. The second-order valence-electron chi connectivity index (χ2n) is 4.78. The van der Waals surface area contributed by atoms with Crippen LogP contribution < -0.4 is 5.32 Å². The molecule has 3 heteroatoms. The maximum atomic E-state index is 12.1. The zero-order valence-corrected chi connectivity index (χ0v) is 12.0. The van der Waals surface area contributed by atoms with Crippen molar-refractivity contribution in [3.63, 3.8) is 0 Å². The molecule has 0 saturated heterocycles. The molecule has 104 valence electrons. The van der Waals surface area contributed by atoms with Gasteiger partial charge in [-0.05, 0) is 25.0 Å². The number of rotatable bonds is 5. The predicted octanol–water partition coefficient (Wildman–Crippen LogP) is 4.12. The van der Waals surface area contributed by atoms with Crippen LogP contribution in [0.4, 0.5) is 5.82 Å². The van der Waals surface area contributed by atoms with E-state index < -0.39 is 0 Å². The summed E-state index contributed by atoms with van der Waals surface area (Å²) < 4.78 is 0. The van der Waals surface area contributed by atoms with Crippen LogP contribution in [0.5, 0.6) is 0 Å². The van der Waals surface area contributed by atoms with E-state index in [9.17, 15) is 4.79 Å². The first-order chi connectivity index (χ1) is 9.74. The molecule has 1 aromatic heterocycles. The van der Waals surface area contributed by atoms with Crippen molar-refractivity contribution in [1.82, 2.24) is 4.98 Å². The Bertz CT molecular complexity index is 562. The second-order valence-corrected chi connectivity index (χ2v) is 4.78. The Labute approximate surface area is 120 Å². The molecule has 0 fully saturated rings. The lowest BCUT2D eigenvalue weighted by Crippen LogP contribution is -2.22. The molecule has 0 atom stereocenters. The average Bonchev–Trinajstić information content (AvgIpc) is 2.49. The number of aromatic nitrogens is 1. The molecular weight excluding hydrogens is 248 g/mol. The number of nitrogens with one attached hydrogen (secondary N) is 1. The maximum Gasteiger partial charge on any atom is 0.228 e. The van der Waals surface area contributed by atoms with Gasteiger partial charge in [-0.3, -0.25) is 4.79 Å². The molecule has 20 heavy (non-hydrogen) atoms. The SMILES string of the molecule is CCC(CC)C(=O)Nc1cccc(-c2ccccc2)n1. The zero-order valence-electron chi connectivity index (χ0n) is 12.0. The first kappa shape index (κ1) is 14.3. The van der Waals surface area contributed by atoms with Gasteiger partial charge in [0, 0.05) is 11.5 Å². The van der Waals surface area contributed by atoms with Gasteiger partial charge in [0.2, 0.25) is 5.91 Å². The van der Waals surface area contributed by atoms with Gasteiger partial charge in [0.05, 0.1) is 5.69 Å². The lowest BCUT2D eigenvalue weighted by molar-refractivity contribution is -0.120. The smallest absolute Gasteiger partial charge is 0.228 e. The first-order valence-corrected chi connectivity index (χ1v) is 7.08. The van der Waals surface area contributed by atoms with Crippen molar-refractivity contribution >= 4 is 11.7 Å². The van der Waals surface area contributed by atoms with Crippen molar-refractivity contribution in [2.75, 3.05) is 5.32 Å². The van der Waals surface area contributed by atoms with Gasteiger partial charge in [-0.2, -0.15) is 0 Å². The number of carbonyl (C=O) groups excluding carboxylic acids is 1. The van der Waals surface area contributed by atoms with Gasteiger partial charge in [0.15, 0.2) is 0 Å². The van der Waals surface area contributed by atoms with E-state index in [1.807, 2.05) is 62.4 Å². The van der Waals surface area contributed by atoms with Gasteiger partial charge in [0.25, 0.3) is 0 Å². The topological polar surface area (TPSA) is 42.0 Å². The Balaban J connectivity index is 2.17. The van der Waals surface area contributed by atoms with Crippen LogP contribution in [-0.4, -0.2) is 10.9 Å². The molecule has 1 amide bonds. The third-order valence-electron chi connectivity index (χ3n) is 3.43. The Kier molecular flexibility index (Phi) is 4.88. The van der Waals surface area contributed by atoms with E-state index in [0.717, 1.165) is 24.1 Å². The number of benzene rings is 1. The standard InChI is InChI=1S/C17H20N2O/c1-3-13(4-2)17(20)19-16-12-8-11-15(18-16)14-9-6-5-7-10-14/h5-13H,3-4H2,1-2H3,(H,18,19,20). The van der Waals surface area contributed by atoms with Gasteiger partial charge >= 0.3 is 0 Å². The minimum atomic E-state index is 0.0488. The molecule has 0 aliphatic rings. The van der Waals surface area contributed by atoms with Crippen molar-refractivity contribution in [2.45, 2.75) is 26.7 Å². The van der Waals surface area contributed by atoms with Crippen LogP contribution in [0.2, 0.25) is 0 Å². The van der Waals surface area contributed by atoms with Gasteiger partial charge in [-0.1, -0.05) is 50.2 Å². The van der Waals surface area contributed by atoms with Gasteiger partial charge in [-0.25, -0.2) is 4.98 Å². The van der Waals surface area contributed by atoms with Crippen LogP contribution in [0.3, 0.4) is 0 Å². The van der Waals surface area contributed by atoms with E-state index in [-0.39, 0.29) is 11.8 Å². The van der Waals surface area contributed by atoms with E-state index in [1.165, 1.54) is 0 Å². The molecule has 0 aliphatic heterocycles. The molecule has 1 aromatic carbocycles. The first-order valence-electron chi connectivity index (χ1n) is 7.08. The van der Waals surface area contributed by atoms with E-state index in [2.05, 4.69) is 10.3 Å². The molecule has 0 aliphatic carbocycles. The highest BCUT2D eigenvalue weighted by atomic mass is 16.1. The highest BCUT2D eigenvalue weighted by Crippen LogP contribution is 2.19. The summed E-state index contributed by atoms with van der Waals surface area (Å²) >= 11 is 0. The molecule has 0 spiro atoms. The number of pyridine rings is 1. The van der Waals surface area contributed by atoms with Crippen molar-refractivity contribution in [3.05, 3.63) is 48.5 Å². The van der Waals surface area contributed by atoms with Gasteiger partial charge in [0.1, 0.15) is 5.82 Å². The Hall–Kier alpha value is -2.16. The van der Waals surface area contributed by atoms with Gasteiger partial charge in [-0.15, -0.1) is 0 Å². The fraction of sp³-hybridized carbons (Fsp3) is 0.294. The third kappa shape index (κ3) is 3.44. The second kappa shape index (κ2) is 6.85. The quantitative estimate of drug-likeness (QED) is 0.886. The maximum absolute atomic E-state index is 12.1. The van der Waals surface area contributed by atoms with Gasteiger partial charge < -0.3 is 5.32 Å². The lowest BCUT2D eigenvalue weighted by Gasteiger charge is -2.12. The molecule has 1 N–H and O–H groups in total. The minimum absolute atomic E-state index is 0.0488. The van der Waals surface area contributed by atoms with Crippen molar-refractivity contribution in [1.29, 1.82) is 0 Å². The monoisotopic (exact) mass is 268 g/mol. The van der Waals surface area contributed by atoms with E-state index >= 15 is 0 Å². The Morgan fingerprint density at radius 2 is 1.75 bits per heavy atom. The molecule has 0 unspecified atom stereocenters. The van der Waals surface area contributed by atoms with E-state index in [1.54, 1.807) is 0 Å². The molecule has 2 rings (SSSR count). The van der Waals surface area contributed by atoms with Crippen molar-refractivity contribution in [3.8, 4) is 11.3 Å². The summed E-state index contributed by atoms with van der Waals surface area (Å²) in [5.41, 5.74) is 1.92. The van der Waals surface area contributed by atoms with Crippen molar-refractivity contribution in [2.24, 2.45) is 5.92 Å². The molecule has 1 heterocycles. The normalized spacial score (nSPS) is 10.6. The lowest BCUT2D eigenvalue weighted by atomic mass is 10.0. The van der Waals surface area contributed by atoms with Crippen LogP contribution in [0.25, 0.3) is 11.3 Å². The number of hydrogen-bond donors (Lipinski definition) is 1. The molecule has 2 aromatic rings. The van der Waals surface area contributed by atoms with Crippen LogP contribution in [0, 0.1) is 5.92 Å². The fourth-order valence-corrected chi connectivity index (χ4v) is 2.16. The fourth-order valence-electron chi connectivity index (χ4n) is 2.16. The Morgan fingerprint density at radius 1 is 1.05 bits per heavy atom. The number of anilines is 1. The molecule has 0 radical (unpaired) electrons. The Morgan fingerprint density at radius 3 is 2.40 bits per heavy atom. The highest BCUT2D eigenvalue weighted by Gasteiger charge is 2.14. The summed E-state index contributed by atoms with van der Waals surface area (Å²) in [5, 5.41) is 2.90. The number of hydrogen-bond acceptors (Lipinski definition) is 2. The molecule has 3 nitrogen and oxygen atoms in total. The van der Waals surface area contributed by atoms with Crippen LogP contribution in [-0.2, 0) is 4.79 Å². The van der Waals surface area contributed by atoms with E-state index in [4.69, 9.17) is 0 Å². The highest BCUT2D eigenvalue weighted by molar-refractivity contribution is 5.91. The predicted molar refractivity (Wildman–Crippen MR) is 82.4 cm³/mol. The van der Waals surface area contributed by atoms with E-state index in [0.29, 0.717) is 5.82 Å². The van der Waals surface area contributed by atoms with Crippen LogP contribution in [0.1, 0.15) is 26.7 Å². The van der Waals surface area contributed by atoms with Crippen molar-refractivity contribution < 1.29 is 4.79 Å². The summed E-state index contributed by atoms with van der Waals surface area (Å²) in [6.07, 6.45) is 1.70. The summed E-state index contributed by atoms with van der Waals surface area (Å²) in [5.74, 6) is 0.716. The summed E-state index contributed by atoms with van der Waals surface area (Å²) in [7, 11) is 0. The zero-order chi connectivity index (χ0) is 14.4. The number of amides is 1. The summed E-state index contributed by atoms with van der Waals surface area (Å²) in [6, 6.07) is 15.6. The third-order valence-corrected chi connectivity index (χ3v) is 3.43. The largest absolute Gasteiger partial charge is 0.310 e. The number of nitrogens with zero attached hydrogens (tertiary/aromatic N) is 1. The molecular formula is C17H20N2O. The molecule has 0 saturated carbocycles.